The van der Waals surface area contributed by atoms with Crippen molar-refractivity contribution < 1.29 is 4.74 Å². The van der Waals surface area contributed by atoms with Crippen LogP contribution < -0.4 is 5.32 Å². The highest BCUT2D eigenvalue weighted by molar-refractivity contribution is 5.27. The zero-order chi connectivity index (χ0) is 12.9. The summed E-state index contributed by atoms with van der Waals surface area (Å²) in [6.45, 7) is 2.65. The molecule has 2 nitrogen and oxygen atoms in total. The molecule has 3 rings (SSSR count). The molecule has 0 aliphatic carbocycles. The first-order chi connectivity index (χ1) is 9.45. The lowest BCUT2D eigenvalue weighted by Crippen LogP contribution is -2.22. The van der Waals surface area contributed by atoms with Gasteiger partial charge in [-0.3, -0.25) is 0 Å². The van der Waals surface area contributed by atoms with E-state index in [1.807, 2.05) is 0 Å². The molecule has 2 atom stereocenters. The molecule has 0 aromatic heterocycles. The molecule has 2 aromatic rings. The molecule has 2 aromatic carbocycles. The lowest BCUT2D eigenvalue weighted by molar-refractivity contribution is 0.0515. The van der Waals surface area contributed by atoms with Gasteiger partial charge in [-0.2, -0.15) is 0 Å². The van der Waals surface area contributed by atoms with Crippen LogP contribution in [0.5, 0.6) is 0 Å². The van der Waals surface area contributed by atoms with E-state index in [1.54, 1.807) is 0 Å². The summed E-state index contributed by atoms with van der Waals surface area (Å²) in [5, 5.41) is 3.47. The summed E-state index contributed by atoms with van der Waals surface area (Å²) >= 11 is 0. The average Bonchev–Trinajstić information content (AvgIpc) is 2.75. The second-order valence-electron chi connectivity index (χ2n) is 4.92. The molecule has 98 valence electrons. The summed E-state index contributed by atoms with van der Waals surface area (Å²) in [6.07, 6.45) is 0.138. The van der Waals surface area contributed by atoms with Crippen molar-refractivity contribution in [3.05, 3.63) is 71.8 Å². The molecule has 1 N–H and O–H groups in total. The molecule has 2 heteroatoms. The number of benzene rings is 2. The summed E-state index contributed by atoms with van der Waals surface area (Å²) in [5.41, 5.74) is 2.60. The lowest BCUT2D eigenvalue weighted by atomic mass is 9.89. The summed E-state index contributed by atoms with van der Waals surface area (Å²) in [6, 6.07) is 21.2. The minimum atomic E-state index is 0.138. The Hall–Kier alpha value is -1.64. The smallest absolute Gasteiger partial charge is 0.0906 e. The van der Waals surface area contributed by atoms with E-state index in [0.717, 1.165) is 19.7 Å². The van der Waals surface area contributed by atoms with Crippen molar-refractivity contribution in [3.8, 4) is 0 Å². The fourth-order valence-corrected chi connectivity index (χ4v) is 2.70. The monoisotopic (exact) mass is 253 g/mol. The number of rotatable bonds is 2. The van der Waals surface area contributed by atoms with Crippen molar-refractivity contribution in [3.63, 3.8) is 0 Å². The fourth-order valence-electron chi connectivity index (χ4n) is 2.70. The Bertz CT molecular complexity index is 450. The van der Waals surface area contributed by atoms with E-state index in [-0.39, 0.29) is 6.10 Å². The fraction of sp³-hybridized carbons (Fsp3) is 0.294. The van der Waals surface area contributed by atoms with Gasteiger partial charge >= 0.3 is 0 Å². The largest absolute Gasteiger partial charge is 0.372 e. The summed E-state index contributed by atoms with van der Waals surface area (Å²) < 4.78 is 6.09. The quantitative estimate of drug-likeness (QED) is 0.888. The Balaban J connectivity index is 1.94. The van der Waals surface area contributed by atoms with Gasteiger partial charge in [-0.05, 0) is 11.1 Å². The van der Waals surface area contributed by atoms with Crippen molar-refractivity contribution in [2.45, 2.75) is 12.0 Å². The van der Waals surface area contributed by atoms with Crippen LogP contribution in [0, 0.1) is 0 Å². The van der Waals surface area contributed by atoms with Gasteiger partial charge in [0.1, 0.15) is 0 Å². The molecule has 1 heterocycles. The molecular weight excluding hydrogens is 234 g/mol. The minimum absolute atomic E-state index is 0.138. The SMILES string of the molecule is c1ccc([C@@H]2CNCCO[C@H]2c2ccccc2)cc1. The number of ether oxygens (including phenoxy) is 1. The Morgan fingerprint density at radius 1 is 0.842 bits per heavy atom. The second-order valence-corrected chi connectivity index (χ2v) is 4.92. The molecule has 0 spiro atoms. The molecule has 1 aliphatic rings. The van der Waals surface area contributed by atoms with E-state index >= 15 is 0 Å². The van der Waals surface area contributed by atoms with Crippen LogP contribution in [0.3, 0.4) is 0 Å². The third kappa shape index (κ3) is 2.86. The van der Waals surface area contributed by atoms with Gasteiger partial charge < -0.3 is 10.1 Å². The molecule has 0 amide bonds. The number of hydrogen-bond acceptors (Lipinski definition) is 2. The van der Waals surface area contributed by atoms with Crippen molar-refractivity contribution in [1.29, 1.82) is 0 Å². The predicted molar refractivity (Wildman–Crippen MR) is 77.2 cm³/mol. The molecule has 0 unspecified atom stereocenters. The Morgan fingerprint density at radius 3 is 2.16 bits per heavy atom. The summed E-state index contributed by atoms with van der Waals surface area (Å²) in [5.74, 6) is 0.367. The topological polar surface area (TPSA) is 21.3 Å². The van der Waals surface area contributed by atoms with Crippen LogP contribution in [-0.4, -0.2) is 19.7 Å². The van der Waals surface area contributed by atoms with Crippen molar-refractivity contribution >= 4 is 0 Å². The van der Waals surface area contributed by atoms with Gasteiger partial charge in [0.2, 0.25) is 0 Å². The van der Waals surface area contributed by atoms with Crippen molar-refractivity contribution in [2.24, 2.45) is 0 Å². The zero-order valence-electron chi connectivity index (χ0n) is 11.0. The third-order valence-electron chi connectivity index (χ3n) is 3.66. The zero-order valence-corrected chi connectivity index (χ0v) is 11.0. The lowest BCUT2D eigenvalue weighted by Gasteiger charge is -2.25. The highest BCUT2D eigenvalue weighted by atomic mass is 16.5. The van der Waals surface area contributed by atoms with Crippen LogP contribution in [-0.2, 0) is 4.74 Å². The first kappa shape index (κ1) is 12.4. The molecule has 0 bridgehead atoms. The maximum absolute atomic E-state index is 6.09. The molecule has 1 saturated heterocycles. The summed E-state index contributed by atoms with van der Waals surface area (Å²) in [7, 11) is 0. The maximum Gasteiger partial charge on any atom is 0.0906 e. The average molecular weight is 253 g/mol. The maximum atomic E-state index is 6.09. The van der Waals surface area contributed by atoms with E-state index in [1.165, 1.54) is 11.1 Å². The normalized spacial score (nSPS) is 23.8. The molecular formula is C17H19NO. The van der Waals surface area contributed by atoms with Crippen molar-refractivity contribution in [2.75, 3.05) is 19.7 Å². The first-order valence-corrected chi connectivity index (χ1v) is 6.87. The molecule has 1 fully saturated rings. The van der Waals surface area contributed by atoms with Crippen molar-refractivity contribution in [1.82, 2.24) is 5.32 Å². The van der Waals surface area contributed by atoms with Crippen LogP contribution in [0.15, 0.2) is 60.7 Å². The van der Waals surface area contributed by atoms with E-state index < -0.39 is 0 Å². The summed E-state index contributed by atoms with van der Waals surface area (Å²) in [4.78, 5) is 0. The molecule has 0 saturated carbocycles. The minimum Gasteiger partial charge on any atom is -0.372 e. The van der Waals surface area contributed by atoms with Gasteiger partial charge in [0, 0.05) is 19.0 Å². The first-order valence-electron chi connectivity index (χ1n) is 6.87. The van der Waals surface area contributed by atoms with E-state index in [4.69, 9.17) is 4.74 Å². The van der Waals surface area contributed by atoms with E-state index in [2.05, 4.69) is 66.0 Å². The number of hydrogen-bond donors (Lipinski definition) is 1. The number of nitrogens with one attached hydrogen (secondary N) is 1. The van der Waals surface area contributed by atoms with Gasteiger partial charge in [0.05, 0.1) is 12.7 Å². The predicted octanol–water partition coefficient (Wildman–Crippen LogP) is 3.13. The van der Waals surface area contributed by atoms with E-state index in [0.29, 0.717) is 5.92 Å². The standard InChI is InChI=1S/C17H19NO/c1-3-7-14(8-4-1)16-13-18-11-12-19-17(16)15-9-5-2-6-10-15/h1-10,16-18H,11-13H2/t16-,17-/m0/s1. The van der Waals surface area contributed by atoms with Crippen LogP contribution in [0.4, 0.5) is 0 Å². The van der Waals surface area contributed by atoms with Gasteiger partial charge in [-0.1, -0.05) is 60.7 Å². The molecule has 19 heavy (non-hydrogen) atoms. The highest BCUT2D eigenvalue weighted by Gasteiger charge is 2.27. The second kappa shape index (κ2) is 6.00. The van der Waals surface area contributed by atoms with Crippen LogP contribution in [0.1, 0.15) is 23.1 Å². The highest BCUT2D eigenvalue weighted by Crippen LogP contribution is 2.34. The Kier molecular flexibility index (Phi) is 3.92. The molecule has 0 radical (unpaired) electrons. The van der Waals surface area contributed by atoms with E-state index in [9.17, 15) is 0 Å². The van der Waals surface area contributed by atoms with Crippen LogP contribution in [0.25, 0.3) is 0 Å². The Morgan fingerprint density at radius 2 is 1.47 bits per heavy atom. The Labute approximate surface area is 114 Å². The van der Waals surface area contributed by atoms with Gasteiger partial charge in [-0.15, -0.1) is 0 Å². The molecule has 1 aliphatic heterocycles. The van der Waals surface area contributed by atoms with Gasteiger partial charge in [0.25, 0.3) is 0 Å². The van der Waals surface area contributed by atoms with Crippen LogP contribution in [0.2, 0.25) is 0 Å². The van der Waals surface area contributed by atoms with Gasteiger partial charge in [-0.25, -0.2) is 0 Å². The third-order valence-corrected chi connectivity index (χ3v) is 3.66. The van der Waals surface area contributed by atoms with Gasteiger partial charge in [0.15, 0.2) is 0 Å². The van der Waals surface area contributed by atoms with Crippen LogP contribution >= 0.6 is 0 Å².